The molecule has 3 rings (SSSR count). The molecular weight excluding hydrogens is 404 g/mol. The van der Waals surface area contributed by atoms with E-state index in [-0.39, 0.29) is 18.6 Å². The van der Waals surface area contributed by atoms with Crippen molar-refractivity contribution in [1.82, 2.24) is 5.32 Å². The summed E-state index contributed by atoms with van der Waals surface area (Å²) in [4.78, 5) is 14.6. The van der Waals surface area contributed by atoms with Crippen molar-refractivity contribution in [3.63, 3.8) is 0 Å². The zero-order valence-corrected chi connectivity index (χ0v) is 17.5. The Labute approximate surface area is 170 Å². The highest BCUT2D eigenvalue weighted by Crippen LogP contribution is 2.24. The lowest BCUT2D eigenvalue weighted by molar-refractivity contribution is -0.123. The number of nitrogens with one attached hydrogen (secondary N) is 1. The minimum Gasteiger partial charge on any atom is -0.484 e. The molecule has 27 heavy (non-hydrogen) atoms. The fraction of sp³-hybridized carbons (Fsp3) is 0.409. The smallest absolute Gasteiger partial charge is 0.258 e. The highest BCUT2D eigenvalue weighted by Gasteiger charge is 2.17. The maximum atomic E-state index is 12.2. The van der Waals surface area contributed by atoms with Gasteiger partial charge in [0.2, 0.25) is 0 Å². The molecule has 0 aliphatic carbocycles. The van der Waals surface area contributed by atoms with Crippen LogP contribution < -0.4 is 15.0 Å². The van der Waals surface area contributed by atoms with E-state index < -0.39 is 0 Å². The monoisotopic (exact) mass is 430 g/mol. The van der Waals surface area contributed by atoms with Crippen LogP contribution in [0, 0.1) is 5.92 Å². The predicted molar refractivity (Wildman–Crippen MR) is 113 cm³/mol. The van der Waals surface area contributed by atoms with Gasteiger partial charge in [0, 0.05) is 23.2 Å². The number of hydrogen-bond acceptors (Lipinski definition) is 3. The first-order valence-electron chi connectivity index (χ1n) is 9.54. The van der Waals surface area contributed by atoms with Crippen molar-refractivity contribution in [1.29, 1.82) is 0 Å². The van der Waals surface area contributed by atoms with Crippen molar-refractivity contribution in [2.45, 2.75) is 32.7 Å². The van der Waals surface area contributed by atoms with Gasteiger partial charge < -0.3 is 15.0 Å². The number of anilines is 1. The lowest BCUT2D eigenvalue weighted by Crippen LogP contribution is -2.34. The number of halogens is 1. The van der Waals surface area contributed by atoms with Crippen LogP contribution in [0.1, 0.15) is 38.3 Å². The molecule has 2 aromatic carbocycles. The zero-order chi connectivity index (χ0) is 19.2. The molecule has 1 saturated heterocycles. The standard InChI is InChI=1S/C22H27BrN2O2/c1-16-4-3-13-25(14-16)20-9-5-18(6-10-20)17(2)24-22(26)15-27-21-11-7-19(23)8-12-21/h5-12,16-17H,3-4,13-15H2,1-2H3,(H,24,26)/t16-,17+/m0/s1. The van der Waals surface area contributed by atoms with E-state index in [1.54, 1.807) is 0 Å². The summed E-state index contributed by atoms with van der Waals surface area (Å²) in [6.07, 6.45) is 2.58. The van der Waals surface area contributed by atoms with Crippen LogP contribution in [0.25, 0.3) is 0 Å². The second-order valence-electron chi connectivity index (χ2n) is 7.32. The molecule has 0 aromatic heterocycles. The van der Waals surface area contributed by atoms with Crippen LogP contribution in [0.4, 0.5) is 5.69 Å². The number of carbonyl (C=O) groups excluding carboxylic acids is 1. The second kappa shape index (κ2) is 9.27. The molecule has 0 spiro atoms. The van der Waals surface area contributed by atoms with Crippen molar-refractivity contribution >= 4 is 27.5 Å². The highest BCUT2D eigenvalue weighted by atomic mass is 79.9. The lowest BCUT2D eigenvalue weighted by Gasteiger charge is -2.33. The van der Waals surface area contributed by atoms with Crippen molar-refractivity contribution in [3.8, 4) is 5.75 Å². The number of piperidine rings is 1. The van der Waals surface area contributed by atoms with Crippen molar-refractivity contribution < 1.29 is 9.53 Å². The Morgan fingerprint density at radius 2 is 1.93 bits per heavy atom. The summed E-state index contributed by atoms with van der Waals surface area (Å²) in [7, 11) is 0. The molecule has 1 heterocycles. The van der Waals surface area contributed by atoms with Gasteiger partial charge in [-0.2, -0.15) is 0 Å². The summed E-state index contributed by atoms with van der Waals surface area (Å²) in [6.45, 7) is 6.57. The van der Waals surface area contributed by atoms with E-state index in [2.05, 4.69) is 57.3 Å². The van der Waals surface area contributed by atoms with Crippen molar-refractivity contribution in [2.75, 3.05) is 24.6 Å². The summed E-state index contributed by atoms with van der Waals surface area (Å²) in [6, 6.07) is 15.9. The molecule has 1 N–H and O–H groups in total. The van der Waals surface area contributed by atoms with Gasteiger partial charge in [-0.05, 0) is 67.6 Å². The Bertz CT molecular complexity index is 746. The van der Waals surface area contributed by atoms with Crippen LogP contribution in [0.3, 0.4) is 0 Å². The average Bonchev–Trinajstić information content (AvgIpc) is 2.67. The first-order chi connectivity index (χ1) is 13.0. The minimum absolute atomic E-state index is 0.00964. The Hall–Kier alpha value is -2.01. The van der Waals surface area contributed by atoms with E-state index in [1.807, 2.05) is 31.2 Å². The Balaban J connectivity index is 1.50. The third-order valence-corrected chi connectivity index (χ3v) is 5.50. The summed E-state index contributed by atoms with van der Waals surface area (Å²) >= 11 is 3.38. The van der Waals surface area contributed by atoms with E-state index in [0.29, 0.717) is 5.75 Å². The van der Waals surface area contributed by atoms with Gasteiger partial charge in [-0.1, -0.05) is 35.0 Å². The van der Waals surface area contributed by atoms with Crippen molar-refractivity contribution in [2.24, 2.45) is 5.92 Å². The van der Waals surface area contributed by atoms with Crippen LogP contribution in [-0.4, -0.2) is 25.6 Å². The first kappa shape index (κ1) is 19.7. The van der Waals surface area contributed by atoms with Gasteiger partial charge in [0.25, 0.3) is 5.91 Å². The molecule has 2 aromatic rings. The Morgan fingerprint density at radius 1 is 1.22 bits per heavy atom. The van der Waals surface area contributed by atoms with Crippen molar-refractivity contribution in [3.05, 3.63) is 58.6 Å². The molecule has 0 bridgehead atoms. The largest absolute Gasteiger partial charge is 0.484 e. The highest BCUT2D eigenvalue weighted by molar-refractivity contribution is 9.10. The minimum atomic E-state index is -0.126. The van der Waals surface area contributed by atoms with Crippen LogP contribution in [-0.2, 0) is 4.79 Å². The van der Waals surface area contributed by atoms with E-state index in [1.165, 1.54) is 18.5 Å². The van der Waals surface area contributed by atoms with E-state index in [0.717, 1.165) is 29.0 Å². The fourth-order valence-electron chi connectivity index (χ4n) is 3.44. The zero-order valence-electron chi connectivity index (χ0n) is 16.0. The lowest BCUT2D eigenvalue weighted by atomic mass is 9.99. The predicted octanol–water partition coefficient (Wildman–Crippen LogP) is 4.94. The summed E-state index contributed by atoms with van der Waals surface area (Å²) in [5.74, 6) is 1.31. The molecular formula is C22H27BrN2O2. The summed E-state index contributed by atoms with van der Waals surface area (Å²) < 4.78 is 6.51. The average molecular weight is 431 g/mol. The third kappa shape index (κ3) is 5.73. The van der Waals surface area contributed by atoms with Gasteiger partial charge in [0.05, 0.1) is 6.04 Å². The summed E-state index contributed by atoms with van der Waals surface area (Å²) in [5, 5.41) is 3.00. The summed E-state index contributed by atoms with van der Waals surface area (Å²) in [5.41, 5.74) is 2.36. The SMILES string of the molecule is C[C@H]1CCCN(c2ccc([C@@H](C)NC(=O)COc3ccc(Br)cc3)cc2)C1. The van der Waals surface area contributed by atoms with Gasteiger partial charge >= 0.3 is 0 Å². The molecule has 144 valence electrons. The number of benzene rings is 2. The van der Waals surface area contributed by atoms with E-state index in [9.17, 15) is 4.79 Å². The molecule has 1 fully saturated rings. The quantitative estimate of drug-likeness (QED) is 0.705. The van der Waals surface area contributed by atoms with Crippen LogP contribution >= 0.6 is 15.9 Å². The van der Waals surface area contributed by atoms with E-state index in [4.69, 9.17) is 4.74 Å². The fourth-order valence-corrected chi connectivity index (χ4v) is 3.71. The first-order valence-corrected chi connectivity index (χ1v) is 10.3. The van der Waals surface area contributed by atoms with Crippen LogP contribution in [0.2, 0.25) is 0 Å². The topological polar surface area (TPSA) is 41.6 Å². The number of nitrogens with zero attached hydrogens (tertiary/aromatic N) is 1. The van der Waals surface area contributed by atoms with Gasteiger partial charge in [-0.3, -0.25) is 4.79 Å². The van der Waals surface area contributed by atoms with Crippen LogP contribution in [0.15, 0.2) is 53.0 Å². The Kier molecular flexibility index (Phi) is 6.78. The second-order valence-corrected chi connectivity index (χ2v) is 8.23. The maximum absolute atomic E-state index is 12.2. The number of hydrogen-bond donors (Lipinski definition) is 1. The Morgan fingerprint density at radius 3 is 2.59 bits per heavy atom. The molecule has 4 nitrogen and oxygen atoms in total. The van der Waals surface area contributed by atoms with Gasteiger partial charge in [0.1, 0.15) is 5.75 Å². The molecule has 0 saturated carbocycles. The molecule has 1 aliphatic rings. The number of amides is 1. The molecule has 1 aliphatic heterocycles. The number of carbonyl (C=O) groups is 1. The maximum Gasteiger partial charge on any atom is 0.258 e. The molecule has 0 radical (unpaired) electrons. The van der Waals surface area contributed by atoms with Crippen LogP contribution in [0.5, 0.6) is 5.75 Å². The normalized spacial score (nSPS) is 18.0. The van der Waals surface area contributed by atoms with Gasteiger partial charge in [0.15, 0.2) is 6.61 Å². The number of rotatable bonds is 6. The molecule has 1 amide bonds. The molecule has 2 atom stereocenters. The molecule has 0 unspecified atom stereocenters. The van der Waals surface area contributed by atoms with Gasteiger partial charge in [-0.25, -0.2) is 0 Å². The number of ether oxygens (including phenoxy) is 1. The third-order valence-electron chi connectivity index (χ3n) is 4.98. The molecule has 5 heteroatoms. The van der Waals surface area contributed by atoms with Gasteiger partial charge in [-0.15, -0.1) is 0 Å². The van der Waals surface area contributed by atoms with E-state index >= 15 is 0 Å².